The SMILES string of the molecule is CSCC(=O)N1CC2(C1)OCCC2CCOCc1cccc(C)n1. The Morgan fingerprint density at radius 3 is 3.08 bits per heavy atom. The standard InChI is InChI=1S/C18H26N2O3S/c1-14-4-3-5-16(19-14)10-22-8-6-15-7-9-23-18(15)12-20(13-18)17(21)11-24-2/h3-5,15H,6-13H2,1-2H3. The maximum atomic E-state index is 11.9. The molecular weight excluding hydrogens is 324 g/mol. The lowest BCUT2D eigenvalue weighted by molar-refractivity contribution is -0.163. The van der Waals surface area contributed by atoms with Crippen molar-refractivity contribution in [2.45, 2.75) is 32.0 Å². The quantitative estimate of drug-likeness (QED) is 0.706. The number of hydrogen-bond donors (Lipinski definition) is 0. The molecule has 6 heteroatoms. The van der Waals surface area contributed by atoms with Crippen LogP contribution in [0.5, 0.6) is 0 Å². The van der Waals surface area contributed by atoms with Gasteiger partial charge in [-0.1, -0.05) is 6.07 Å². The van der Waals surface area contributed by atoms with Crippen LogP contribution < -0.4 is 0 Å². The van der Waals surface area contributed by atoms with Crippen molar-refractivity contribution in [3.63, 3.8) is 0 Å². The van der Waals surface area contributed by atoms with Gasteiger partial charge in [-0.25, -0.2) is 0 Å². The summed E-state index contributed by atoms with van der Waals surface area (Å²) >= 11 is 1.58. The topological polar surface area (TPSA) is 51.7 Å². The number of nitrogens with zero attached hydrogens (tertiary/aromatic N) is 2. The largest absolute Gasteiger partial charge is 0.375 e. The first kappa shape index (κ1) is 17.7. The van der Waals surface area contributed by atoms with Crippen LogP contribution in [-0.2, 0) is 20.9 Å². The maximum Gasteiger partial charge on any atom is 0.232 e. The number of pyridine rings is 1. The van der Waals surface area contributed by atoms with Gasteiger partial charge in [0, 0.05) is 18.9 Å². The Bertz CT molecular complexity index is 575. The van der Waals surface area contributed by atoms with E-state index in [4.69, 9.17) is 9.47 Å². The fourth-order valence-electron chi connectivity index (χ4n) is 3.62. The van der Waals surface area contributed by atoms with E-state index in [2.05, 4.69) is 4.98 Å². The Morgan fingerprint density at radius 1 is 1.50 bits per heavy atom. The summed E-state index contributed by atoms with van der Waals surface area (Å²) in [7, 11) is 0. The van der Waals surface area contributed by atoms with Crippen molar-refractivity contribution in [2.24, 2.45) is 5.92 Å². The number of carbonyl (C=O) groups is 1. The molecular formula is C18H26N2O3S. The van der Waals surface area contributed by atoms with Gasteiger partial charge in [-0.05, 0) is 44.1 Å². The smallest absolute Gasteiger partial charge is 0.232 e. The lowest BCUT2D eigenvalue weighted by Crippen LogP contribution is -2.66. The zero-order valence-electron chi connectivity index (χ0n) is 14.5. The lowest BCUT2D eigenvalue weighted by Gasteiger charge is -2.50. The summed E-state index contributed by atoms with van der Waals surface area (Å²) in [5.74, 6) is 1.28. The zero-order valence-corrected chi connectivity index (χ0v) is 15.3. The van der Waals surface area contributed by atoms with E-state index in [0.717, 1.165) is 43.9 Å². The van der Waals surface area contributed by atoms with E-state index >= 15 is 0 Å². The van der Waals surface area contributed by atoms with Crippen LogP contribution in [0.3, 0.4) is 0 Å². The van der Waals surface area contributed by atoms with Crippen molar-refractivity contribution >= 4 is 17.7 Å². The average molecular weight is 350 g/mol. The van der Waals surface area contributed by atoms with Crippen molar-refractivity contribution in [1.29, 1.82) is 0 Å². The monoisotopic (exact) mass is 350 g/mol. The van der Waals surface area contributed by atoms with E-state index in [1.54, 1.807) is 11.8 Å². The molecule has 3 heterocycles. The van der Waals surface area contributed by atoms with E-state index in [1.807, 2.05) is 36.3 Å². The Balaban J connectivity index is 1.42. The van der Waals surface area contributed by atoms with Crippen LogP contribution in [0.1, 0.15) is 24.2 Å². The van der Waals surface area contributed by atoms with Gasteiger partial charge in [0.1, 0.15) is 5.60 Å². The third-order valence-corrected chi connectivity index (χ3v) is 5.48. The van der Waals surface area contributed by atoms with Crippen LogP contribution in [-0.4, -0.2) is 59.7 Å². The number of aryl methyl sites for hydroxylation is 1. The number of rotatable bonds is 7. The fourth-order valence-corrected chi connectivity index (χ4v) is 4.04. The summed E-state index contributed by atoms with van der Waals surface area (Å²) in [6, 6.07) is 5.99. The van der Waals surface area contributed by atoms with Crippen LogP contribution >= 0.6 is 11.8 Å². The summed E-state index contributed by atoms with van der Waals surface area (Å²) in [5.41, 5.74) is 1.88. The summed E-state index contributed by atoms with van der Waals surface area (Å²) in [6.45, 7) is 5.55. The maximum absolute atomic E-state index is 11.9. The third kappa shape index (κ3) is 3.92. The first-order chi connectivity index (χ1) is 11.6. The summed E-state index contributed by atoms with van der Waals surface area (Å²) in [5, 5.41) is 0. The van der Waals surface area contributed by atoms with E-state index in [9.17, 15) is 4.79 Å². The van der Waals surface area contributed by atoms with E-state index < -0.39 is 0 Å². The molecule has 2 aliphatic heterocycles. The van der Waals surface area contributed by atoms with Crippen LogP contribution in [0.2, 0.25) is 0 Å². The fraction of sp³-hybridized carbons (Fsp3) is 0.667. The average Bonchev–Trinajstić information content (AvgIpc) is 2.94. The molecule has 1 aromatic heterocycles. The van der Waals surface area contributed by atoms with E-state index in [-0.39, 0.29) is 11.5 Å². The molecule has 1 spiro atoms. The zero-order chi connectivity index (χ0) is 17.0. The molecule has 24 heavy (non-hydrogen) atoms. The molecule has 0 aliphatic carbocycles. The summed E-state index contributed by atoms with van der Waals surface area (Å²) < 4.78 is 11.8. The molecule has 2 aliphatic rings. The highest BCUT2D eigenvalue weighted by atomic mass is 32.2. The molecule has 0 radical (unpaired) electrons. The number of carbonyl (C=O) groups excluding carboxylic acids is 1. The van der Waals surface area contributed by atoms with Crippen LogP contribution in [0.4, 0.5) is 0 Å². The van der Waals surface area contributed by atoms with Gasteiger partial charge in [-0.3, -0.25) is 9.78 Å². The molecule has 0 bridgehead atoms. The van der Waals surface area contributed by atoms with Gasteiger partial charge in [-0.15, -0.1) is 0 Å². The van der Waals surface area contributed by atoms with Gasteiger partial charge in [0.05, 0.1) is 31.1 Å². The highest BCUT2D eigenvalue weighted by molar-refractivity contribution is 7.99. The molecule has 1 aromatic rings. The molecule has 5 nitrogen and oxygen atoms in total. The normalized spacial score (nSPS) is 21.9. The number of likely N-dealkylation sites (tertiary alicyclic amines) is 1. The van der Waals surface area contributed by atoms with Gasteiger partial charge in [0.15, 0.2) is 0 Å². The predicted molar refractivity (Wildman–Crippen MR) is 95.0 cm³/mol. The molecule has 132 valence electrons. The van der Waals surface area contributed by atoms with Gasteiger partial charge >= 0.3 is 0 Å². The molecule has 2 saturated heterocycles. The molecule has 1 unspecified atom stereocenters. The van der Waals surface area contributed by atoms with Gasteiger partial charge in [0.25, 0.3) is 0 Å². The Hall–Kier alpha value is -1.11. The van der Waals surface area contributed by atoms with E-state index in [0.29, 0.717) is 24.9 Å². The Kier molecular flexibility index (Phi) is 5.79. The lowest BCUT2D eigenvalue weighted by atomic mass is 9.79. The number of aromatic nitrogens is 1. The van der Waals surface area contributed by atoms with Crippen LogP contribution in [0.15, 0.2) is 18.2 Å². The molecule has 1 amide bonds. The minimum Gasteiger partial charge on any atom is -0.375 e. The molecule has 0 N–H and O–H groups in total. The first-order valence-electron chi connectivity index (χ1n) is 8.54. The first-order valence-corrected chi connectivity index (χ1v) is 9.93. The number of thioether (sulfide) groups is 1. The van der Waals surface area contributed by atoms with Crippen molar-refractivity contribution < 1.29 is 14.3 Å². The van der Waals surface area contributed by atoms with Crippen molar-refractivity contribution in [3.05, 3.63) is 29.6 Å². The second-order valence-electron chi connectivity index (χ2n) is 6.69. The van der Waals surface area contributed by atoms with Gasteiger partial charge in [0.2, 0.25) is 5.91 Å². The second kappa shape index (κ2) is 7.85. The van der Waals surface area contributed by atoms with Crippen LogP contribution in [0.25, 0.3) is 0 Å². The molecule has 1 atom stereocenters. The number of amides is 1. The second-order valence-corrected chi connectivity index (χ2v) is 7.56. The molecule has 2 fully saturated rings. The Labute approximate surface area is 148 Å². The highest BCUT2D eigenvalue weighted by Gasteiger charge is 2.53. The minimum atomic E-state index is -0.112. The predicted octanol–water partition coefficient (Wildman–Crippen LogP) is 2.28. The molecule has 3 rings (SSSR count). The summed E-state index contributed by atoms with van der Waals surface area (Å²) in [4.78, 5) is 18.3. The van der Waals surface area contributed by atoms with Crippen molar-refractivity contribution in [2.75, 3.05) is 38.3 Å². The van der Waals surface area contributed by atoms with Gasteiger partial charge in [-0.2, -0.15) is 11.8 Å². The van der Waals surface area contributed by atoms with Gasteiger partial charge < -0.3 is 14.4 Å². The van der Waals surface area contributed by atoms with Crippen molar-refractivity contribution in [1.82, 2.24) is 9.88 Å². The van der Waals surface area contributed by atoms with Crippen LogP contribution in [0, 0.1) is 12.8 Å². The number of hydrogen-bond acceptors (Lipinski definition) is 5. The Morgan fingerprint density at radius 2 is 2.33 bits per heavy atom. The number of ether oxygens (including phenoxy) is 2. The molecule has 0 saturated carbocycles. The highest BCUT2D eigenvalue weighted by Crippen LogP contribution is 2.41. The van der Waals surface area contributed by atoms with Crippen molar-refractivity contribution in [3.8, 4) is 0 Å². The van der Waals surface area contributed by atoms with E-state index in [1.165, 1.54) is 0 Å². The summed E-state index contributed by atoms with van der Waals surface area (Å²) in [6.07, 6.45) is 4.01. The third-order valence-electron chi connectivity index (χ3n) is 4.94. The minimum absolute atomic E-state index is 0.112. The molecule has 0 aromatic carbocycles.